The van der Waals surface area contributed by atoms with Crippen LogP contribution in [-0.2, 0) is 11.8 Å². The highest BCUT2D eigenvalue weighted by atomic mass is 16.6. The van der Waals surface area contributed by atoms with E-state index in [1.807, 2.05) is 38.6 Å². The third-order valence-corrected chi connectivity index (χ3v) is 3.15. The van der Waals surface area contributed by atoms with Crippen LogP contribution in [0.1, 0.15) is 32.4 Å². The van der Waals surface area contributed by atoms with Crippen LogP contribution in [0.5, 0.6) is 0 Å². The number of carbonyl (C=O) groups is 1. The summed E-state index contributed by atoms with van der Waals surface area (Å²) in [6.07, 6.45) is 3.26. The lowest BCUT2D eigenvalue weighted by molar-refractivity contribution is 0.0504. The van der Waals surface area contributed by atoms with Crippen LogP contribution in [0.2, 0.25) is 0 Å². The van der Waals surface area contributed by atoms with E-state index in [-0.39, 0.29) is 18.1 Å². The molecule has 6 nitrogen and oxygen atoms in total. The van der Waals surface area contributed by atoms with E-state index in [2.05, 4.69) is 15.6 Å². The Kier molecular flexibility index (Phi) is 3.80. The van der Waals surface area contributed by atoms with Crippen LogP contribution in [0.3, 0.4) is 0 Å². The zero-order chi connectivity index (χ0) is 14.0. The van der Waals surface area contributed by atoms with Crippen molar-refractivity contribution >= 4 is 6.09 Å². The van der Waals surface area contributed by atoms with Gasteiger partial charge in [0.2, 0.25) is 0 Å². The second-order valence-corrected chi connectivity index (χ2v) is 5.95. The lowest BCUT2D eigenvalue weighted by atomic mass is 10.0. The second kappa shape index (κ2) is 5.21. The smallest absolute Gasteiger partial charge is 0.407 e. The molecule has 1 saturated heterocycles. The Balaban J connectivity index is 2.00. The van der Waals surface area contributed by atoms with Gasteiger partial charge in [0, 0.05) is 37.9 Å². The molecule has 0 unspecified atom stereocenters. The molecule has 1 aliphatic rings. The first kappa shape index (κ1) is 13.9. The standard InChI is InChI=1S/C13H22N4O2/c1-13(2,3)19-12(18)16-10-6-14-5-9(10)11-7-15-8-17(11)4/h7-10,14H,5-6H2,1-4H3,(H,16,18)/t9-,10-/m1/s1. The van der Waals surface area contributed by atoms with Gasteiger partial charge in [-0.05, 0) is 20.8 Å². The zero-order valence-corrected chi connectivity index (χ0v) is 11.9. The van der Waals surface area contributed by atoms with Crippen molar-refractivity contribution < 1.29 is 9.53 Å². The fourth-order valence-corrected chi connectivity index (χ4v) is 2.32. The molecule has 106 valence electrons. The van der Waals surface area contributed by atoms with Crippen molar-refractivity contribution in [1.82, 2.24) is 20.2 Å². The minimum atomic E-state index is -0.474. The number of hydrogen-bond acceptors (Lipinski definition) is 4. The lowest BCUT2D eigenvalue weighted by Gasteiger charge is -2.24. The molecule has 0 aromatic carbocycles. The van der Waals surface area contributed by atoms with Crippen molar-refractivity contribution in [2.45, 2.75) is 38.3 Å². The predicted molar refractivity (Wildman–Crippen MR) is 72.0 cm³/mol. The van der Waals surface area contributed by atoms with Crippen LogP contribution in [-0.4, -0.2) is 40.4 Å². The van der Waals surface area contributed by atoms with Crippen molar-refractivity contribution in [3.8, 4) is 0 Å². The molecule has 2 heterocycles. The van der Waals surface area contributed by atoms with Crippen molar-refractivity contribution in [3.05, 3.63) is 18.2 Å². The van der Waals surface area contributed by atoms with Crippen LogP contribution in [0.25, 0.3) is 0 Å². The minimum absolute atomic E-state index is 0.0326. The molecule has 1 aromatic rings. The van der Waals surface area contributed by atoms with Gasteiger partial charge in [0.15, 0.2) is 0 Å². The van der Waals surface area contributed by atoms with Crippen LogP contribution in [0.15, 0.2) is 12.5 Å². The molecule has 1 fully saturated rings. The molecule has 19 heavy (non-hydrogen) atoms. The molecule has 0 bridgehead atoms. The maximum absolute atomic E-state index is 11.8. The SMILES string of the molecule is Cn1cncc1[C@@H]1CNC[C@H]1NC(=O)OC(C)(C)C. The molecule has 0 aliphatic carbocycles. The van der Waals surface area contributed by atoms with Crippen molar-refractivity contribution in [3.63, 3.8) is 0 Å². The van der Waals surface area contributed by atoms with E-state index in [9.17, 15) is 4.79 Å². The average Bonchev–Trinajstić information content (AvgIpc) is 2.83. The molecule has 2 rings (SSSR count). The van der Waals surface area contributed by atoms with Crippen molar-refractivity contribution in [1.29, 1.82) is 0 Å². The van der Waals surface area contributed by atoms with Crippen molar-refractivity contribution in [2.24, 2.45) is 7.05 Å². The monoisotopic (exact) mass is 266 g/mol. The summed E-state index contributed by atoms with van der Waals surface area (Å²) in [5.74, 6) is 0.222. The summed E-state index contributed by atoms with van der Waals surface area (Å²) < 4.78 is 7.28. The highest BCUT2D eigenvalue weighted by Gasteiger charge is 2.32. The Morgan fingerprint density at radius 3 is 2.84 bits per heavy atom. The first-order chi connectivity index (χ1) is 8.87. The number of aromatic nitrogens is 2. The highest BCUT2D eigenvalue weighted by molar-refractivity contribution is 5.68. The number of ether oxygens (including phenoxy) is 1. The molecule has 2 atom stereocenters. The van der Waals surface area contributed by atoms with E-state index in [1.54, 1.807) is 6.33 Å². The molecule has 6 heteroatoms. The quantitative estimate of drug-likeness (QED) is 0.838. The van der Waals surface area contributed by atoms with Gasteiger partial charge in [-0.25, -0.2) is 9.78 Å². The Morgan fingerprint density at radius 1 is 1.53 bits per heavy atom. The fraction of sp³-hybridized carbons (Fsp3) is 0.692. The van der Waals surface area contributed by atoms with Gasteiger partial charge in [-0.3, -0.25) is 0 Å². The van der Waals surface area contributed by atoms with Gasteiger partial charge in [-0.2, -0.15) is 0 Å². The first-order valence-electron chi connectivity index (χ1n) is 6.53. The molecule has 1 aromatic heterocycles. The van der Waals surface area contributed by atoms with E-state index in [0.717, 1.165) is 18.8 Å². The topological polar surface area (TPSA) is 68.2 Å². The molecule has 0 spiro atoms. The molecule has 0 radical (unpaired) electrons. The van der Waals surface area contributed by atoms with E-state index < -0.39 is 5.60 Å². The Morgan fingerprint density at radius 2 is 2.26 bits per heavy atom. The molecule has 1 aliphatic heterocycles. The Labute approximate surface area is 113 Å². The van der Waals surface area contributed by atoms with E-state index in [1.165, 1.54) is 0 Å². The summed E-state index contributed by atoms with van der Waals surface area (Å²) >= 11 is 0. The van der Waals surface area contributed by atoms with Gasteiger partial charge < -0.3 is 19.9 Å². The van der Waals surface area contributed by atoms with Crippen molar-refractivity contribution in [2.75, 3.05) is 13.1 Å². The summed E-state index contributed by atoms with van der Waals surface area (Å²) in [5.41, 5.74) is 0.643. The summed E-state index contributed by atoms with van der Waals surface area (Å²) in [4.78, 5) is 16.0. The number of hydrogen-bond donors (Lipinski definition) is 2. The largest absolute Gasteiger partial charge is 0.444 e. The molecular weight excluding hydrogens is 244 g/mol. The number of imidazole rings is 1. The van der Waals surface area contributed by atoms with E-state index in [0.29, 0.717) is 0 Å². The normalized spacial score (nSPS) is 23.4. The summed E-state index contributed by atoms with van der Waals surface area (Å²) in [6.45, 7) is 7.16. The fourth-order valence-electron chi connectivity index (χ4n) is 2.32. The molecule has 0 saturated carbocycles. The van der Waals surface area contributed by atoms with Crippen LogP contribution in [0.4, 0.5) is 4.79 Å². The summed E-state index contributed by atoms with van der Waals surface area (Å²) in [6, 6.07) is 0.0326. The number of nitrogens with one attached hydrogen (secondary N) is 2. The zero-order valence-electron chi connectivity index (χ0n) is 11.9. The number of nitrogens with zero attached hydrogens (tertiary/aromatic N) is 2. The third-order valence-electron chi connectivity index (χ3n) is 3.15. The van der Waals surface area contributed by atoms with E-state index >= 15 is 0 Å². The summed E-state index contributed by atoms with van der Waals surface area (Å²) in [5, 5.41) is 6.23. The Hall–Kier alpha value is -1.56. The first-order valence-corrected chi connectivity index (χ1v) is 6.53. The maximum Gasteiger partial charge on any atom is 0.407 e. The lowest BCUT2D eigenvalue weighted by Crippen LogP contribution is -2.42. The second-order valence-electron chi connectivity index (χ2n) is 5.95. The van der Waals surface area contributed by atoms with Gasteiger partial charge in [-0.15, -0.1) is 0 Å². The van der Waals surface area contributed by atoms with Crippen LogP contribution in [0, 0.1) is 0 Å². The predicted octanol–water partition coefficient (Wildman–Crippen LogP) is 1.00. The number of aryl methyl sites for hydroxylation is 1. The number of amides is 1. The van der Waals surface area contributed by atoms with Gasteiger partial charge >= 0.3 is 6.09 Å². The third kappa shape index (κ3) is 3.47. The number of rotatable bonds is 2. The van der Waals surface area contributed by atoms with Gasteiger partial charge in [0.1, 0.15) is 5.60 Å². The Bertz CT molecular complexity index is 450. The number of alkyl carbamates (subject to hydrolysis) is 1. The van der Waals surface area contributed by atoms with E-state index in [4.69, 9.17) is 4.74 Å². The van der Waals surface area contributed by atoms with Crippen LogP contribution < -0.4 is 10.6 Å². The highest BCUT2D eigenvalue weighted by Crippen LogP contribution is 2.22. The van der Waals surface area contributed by atoms with Gasteiger partial charge in [0.25, 0.3) is 0 Å². The van der Waals surface area contributed by atoms with Gasteiger partial charge in [0.05, 0.1) is 12.4 Å². The molecular formula is C13H22N4O2. The summed E-state index contributed by atoms with van der Waals surface area (Å²) in [7, 11) is 1.96. The minimum Gasteiger partial charge on any atom is -0.444 e. The average molecular weight is 266 g/mol. The molecule has 2 N–H and O–H groups in total. The maximum atomic E-state index is 11.8. The van der Waals surface area contributed by atoms with Gasteiger partial charge in [-0.1, -0.05) is 0 Å². The van der Waals surface area contributed by atoms with Crippen LogP contribution >= 0.6 is 0 Å². The number of carbonyl (C=O) groups excluding carboxylic acids is 1. The molecule has 1 amide bonds.